The number of nitrogens with zero attached hydrogens (tertiary/aromatic N) is 5. The molecule has 0 bridgehead atoms. The van der Waals surface area contributed by atoms with Gasteiger partial charge in [-0.15, -0.1) is 11.3 Å². The summed E-state index contributed by atoms with van der Waals surface area (Å²) >= 11 is 15.0. The highest BCUT2D eigenvalue weighted by Crippen LogP contribution is 2.44. The van der Waals surface area contributed by atoms with Crippen molar-refractivity contribution >= 4 is 51.5 Å². The van der Waals surface area contributed by atoms with Crippen LogP contribution in [0, 0.1) is 0 Å². The molecule has 234 valence electrons. The largest absolute Gasteiger partial charge is 0.331 e. The van der Waals surface area contributed by atoms with Crippen molar-refractivity contribution in [3.8, 4) is 11.1 Å². The third-order valence-corrected chi connectivity index (χ3v) is 10.5. The number of alkyl halides is 2. The molecule has 45 heavy (non-hydrogen) atoms. The van der Waals surface area contributed by atoms with Crippen LogP contribution < -0.4 is 5.32 Å². The molecular weight excluding hydrogens is 641 g/mol. The van der Waals surface area contributed by atoms with Gasteiger partial charge in [0.15, 0.2) is 11.2 Å². The number of fused-ring (bicyclic) bond motifs is 2. The number of imidazole rings is 1. The molecule has 0 radical (unpaired) electrons. The summed E-state index contributed by atoms with van der Waals surface area (Å²) in [5.74, 6) is -0.562. The lowest BCUT2D eigenvalue weighted by Gasteiger charge is -2.31. The summed E-state index contributed by atoms with van der Waals surface area (Å²) in [6, 6.07) is 8.73. The first kappa shape index (κ1) is 30.3. The molecule has 0 aliphatic carbocycles. The lowest BCUT2D eigenvalue weighted by Crippen LogP contribution is -2.38. The van der Waals surface area contributed by atoms with Crippen molar-refractivity contribution < 1.29 is 18.4 Å². The van der Waals surface area contributed by atoms with E-state index < -0.39 is 24.0 Å². The number of amides is 2. The summed E-state index contributed by atoms with van der Waals surface area (Å²) in [5.41, 5.74) is 4.32. The Hall–Kier alpha value is -3.38. The van der Waals surface area contributed by atoms with Crippen LogP contribution in [0.15, 0.2) is 48.2 Å². The van der Waals surface area contributed by atoms with Crippen molar-refractivity contribution in [3.05, 3.63) is 86.4 Å². The predicted molar refractivity (Wildman–Crippen MR) is 170 cm³/mol. The van der Waals surface area contributed by atoms with Gasteiger partial charge in [0.2, 0.25) is 0 Å². The lowest BCUT2D eigenvalue weighted by atomic mass is 9.88. The molecule has 2 aromatic carbocycles. The van der Waals surface area contributed by atoms with Gasteiger partial charge in [-0.05, 0) is 49.0 Å². The molecule has 1 saturated heterocycles. The molecule has 1 fully saturated rings. The zero-order valence-corrected chi connectivity index (χ0v) is 26.5. The van der Waals surface area contributed by atoms with Crippen molar-refractivity contribution in [1.82, 2.24) is 24.3 Å². The van der Waals surface area contributed by atoms with Crippen LogP contribution in [0.25, 0.3) is 11.1 Å². The molecule has 2 amide bonds. The SMILES string of the molecule is O=C(Nc1nccs1)C(c1ncn2c1CC(F)C2)N1Cc2c(Cl)cc(-c3ccc(C4CCN(CCF)CC4)cc3)c(Cl)c2C1=O. The zero-order valence-electron chi connectivity index (χ0n) is 24.2. The van der Waals surface area contributed by atoms with Gasteiger partial charge in [-0.25, -0.2) is 18.7 Å². The molecule has 5 heterocycles. The number of nitrogens with one attached hydrogen (secondary N) is 1. The molecule has 3 aliphatic rings. The second kappa shape index (κ2) is 12.4. The summed E-state index contributed by atoms with van der Waals surface area (Å²) in [6.45, 7) is 2.10. The van der Waals surface area contributed by atoms with Crippen LogP contribution in [0.3, 0.4) is 0 Å². The monoisotopic (exact) mass is 670 g/mol. The molecule has 2 aromatic heterocycles. The summed E-state index contributed by atoms with van der Waals surface area (Å²) in [4.78, 5) is 40.1. The Morgan fingerprint density at radius 2 is 1.93 bits per heavy atom. The van der Waals surface area contributed by atoms with Crippen molar-refractivity contribution in [2.45, 2.75) is 50.5 Å². The molecule has 2 unspecified atom stereocenters. The minimum Gasteiger partial charge on any atom is -0.331 e. The first-order valence-electron chi connectivity index (χ1n) is 14.9. The standard InChI is InChI=1S/C32H30Cl2F2N6O2S/c33-24-14-22(20-3-1-18(2-4-20)19-5-9-40(10-6-19)11-7-35)27(34)26-23(24)16-42(31(26)44)29(30(43)39-32-37-8-12-45-32)28-25-13-21(36)15-41(25)17-38-28/h1-4,8,12,14,17,19,21,29H,5-7,9-11,13,15-16H2,(H,37,39,43). The fourth-order valence-corrected chi connectivity index (χ4v) is 7.93. The fraction of sp³-hybridized carbons (Fsp3) is 0.375. The molecule has 8 nitrogen and oxygen atoms in total. The molecule has 2 atom stereocenters. The summed E-state index contributed by atoms with van der Waals surface area (Å²) in [6.07, 6.45) is 4.03. The number of hydrogen-bond acceptors (Lipinski definition) is 6. The lowest BCUT2D eigenvalue weighted by molar-refractivity contribution is -0.121. The molecule has 3 aliphatic heterocycles. The van der Waals surface area contributed by atoms with Crippen molar-refractivity contribution in [2.24, 2.45) is 0 Å². The van der Waals surface area contributed by atoms with Gasteiger partial charge in [0.25, 0.3) is 11.8 Å². The smallest absolute Gasteiger partial charge is 0.257 e. The highest BCUT2D eigenvalue weighted by Gasteiger charge is 2.43. The first-order chi connectivity index (χ1) is 21.8. The summed E-state index contributed by atoms with van der Waals surface area (Å²) in [5, 5.41) is 5.52. The third-order valence-electron chi connectivity index (χ3n) is 9.07. The van der Waals surface area contributed by atoms with E-state index in [2.05, 4.69) is 32.3 Å². The predicted octanol–water partition coefficient (Wildman–Crippen LogP) is 6.69. The number of piperidine rings is 1. The second-order valence-corrected chi connectivity index (χ2v) is 13.4. The van der Waals surface area contributed by atoms with Gasteiger partial charge < -0.3 is 14.4 Å². The van der Waals surface area contributed by atoms with Crippen LogP contribution >= 0.6 is 34.5 Å². The highest BCUT2D eigenvalue weighted by atomic mass is 35.5. The maximum atomic E-state index is 14.4. The zero-order chi connectivity index (χ0) is 31.2. The number of rotatable bonds is 8. The normalized spacial score (nSPS) is 19.2. The Morgan fingerprint density at radius 1 is 1.16 bits per heavy atom. The Bertz CT molecular complexity index is 1740. The van der Waals surface area contributed by atoms with E-state index in [0.29, 0.717) is 45.1 Å². The Morgan fingerprint density at radius 3 is 2.64 bits per heavy atom. The van der Waals surface area contributed by atoms with Crippen LogP contribution in [-0.2, 0) is 24.3 Å². The minimum atomic E-state index is -1.15. The number of carbonyl (C=O) groups is 2. The van der Waals surface area contributed by atoms with E-state index >= 15 is 0 Å². The number of benzene rings is 2. The number of hydrogen-bond donors (Lipinski definition) is 1. The minimum absolute atomic E-state index is 0.0361. The number of thiazole rings is 1. The van der Waals surface area contributed by atoms with Gasteiger partial charge in [-0.2, -0.15) is 0 Å². The van der Waals surface area contributed by atoms with Gasteiger partial charge in [0, 0.05) is 52.9 Å². The number of anilines is 1. The molecule has 4 aromatic rings. The topological polar surface area (TPSA) is 83.4 Å². The second-order valence-electron chi connectivity index (χ2n) is 11.7. The van der Waals surface area contributed by atoms with E-state index in [1.807, 2.05) is 12.1 Å². The van der Waals surface area contributed by atoms with Gasteiger partial charge in [-0.1, -0.05) is 47.5 Å². The van der Waals surface area contributed by atoms with Crippen molar-refractivity contribution in [2.75, 3.05) is 31.6 Å². The Labute approximate surface area is 273 Å². The van der Waals surface area contributed by atoms with Crippen LogP contribution in [0.1, 0.15) is 57.7 Å². The molecule has 7 rings (SSSR count). The van der Waals surface area contributed by atoms with E-state index in [1.165, 1.54) is 28.1 Å². The van der Waals surface area contributed by atoms with E-state index in [0.717, 1.165) is 31.5 Å². The van der Waals surface area contributed by atoms with E-state index in [9.17, 15) is 18.4 Å². The number of likely N-dealkylation sites (tertiary alicyclic amines) is 1. The van der Waals surface area contributed by atoms with Crippen molar-refractivity contribution in [1.29, 1.82) is 0 Å². The quantitative estimate of drug-likeness (QED) is 0.226. The highest BCUT2D eigenvalue weighted by molar-refractivity contribution is 7.13. The van der Waals surface area contributed by atoms with Crippen LogP contribution in [0.5, 0.6) is 0 Å². The average Bonchev–Trinajstić information content (AvgIpc) is 3.83. The average molecular weight is 672 g/mol. The third kappa shape index (κ3) is 5.64. The molecule has 13 heteroatoms. The first-order valence-corrected chi connectivity index (χ1v) is 16.5. The molecule has 0 saturated carbocycles. The van der Waals surface area contributed by atoms with Crippen LogP contribution in [-0.4, -0.2) is 68.6 Å². The molecule has 0 spiro atoms. The van der Waals surface area contributed by atoms with Crippen LogP contribution in [0.4, 0.5) is 13.9 Å². The number of halogens is 4. The Kier molecular flexibility index (Phi) is 8.37. The van der Waals surface area contributed by atoms with E-state index in [4.69, 9.17) is 23.2 Å². The van der Waals surface area contributed by atoms with Gasteiger partial charge in [-0.3, -0.25) is 14.9 Å². The fourth-order valence-electron chi connectivity index (χ4n) is 6.78. The van der Waals surface area contributed by atoms with Gasteiger partial charge in [0.05, 0.1) is 29.2 Å². The van der Waals surface area contributed by atoms with Gasteiger partial charge in [0.1, 0.15) is 12.8 Å². The summed E-state index contributed by atoms with van der Waals surface area (Å²) in [7, 11) is 0. The number of aromatic nitrogens is 3. The van der Waals surface area contributed by atoms with Gasteiger partial charge >= 0.3 is 0 Å². The Balaban J connectivity index is 1.18. The van der Waals surface area contributed by atoms with E-state index in [1.54, 1.807) is 22.2 Å². The van der Waals surface area contributed by atoms with Crippen LogP contribution in [0.2, 0.25) is 10.0 Å². The maximum absolute atomic E-state index is 14.4. The number of carbonyl (C=O) groups excluding carboxylic acids is 2. The maximum Gasteiger partial charge on any atom is 0.257 e. The molecular formula is C32H30Cl2F2N6O2S. The molecule has 1 N–H and O–H groups in total. The van der Waals surface area contributed by atoms with Crippen molar-refractivity contribution in [3.63, 3.8) is 0 Å². The summed E-state index contributed by atoms with van der Waals surface area (Å²) < 4.78 is 28.8. The van der Waals surface area contributed by atoms with E-state index in [-0.39, 0.29) is 36.8 Å².